The Morgan fingerprint density at radius 3 is 2.43 bits per heavy atom. The van der Waals surface area contributed by atoms with Gasteiger partial charge < -0.3 is 0 Å². The van der Waals surface area contributed by atoms with Gasteiger partial charge in [0.1, 0.15) is 0 Å². The molecule has 0 atom stereocenters. The fourth-order valence-corrected chi connectivity index (χ4v) is 1.72. The van der Waals surface area contributed by atoms with Gasteiger partial charge in [-0.05, 0) is 30.2 Å². The Kier molecular flexibility index (Phi) is 4.82. The molecule has 0 aliphatic rings. The Balaban J connectivity index is 1.95. The third kappa shape index (κ3) is 4.58. The molecular formula is C16H15N3O2. The molecule has 0 heterocycles. The molecule has 21 heavy (non-hydrogen) atoms. The first-order valence-electron chi connectivity index (χ1n) is 6.42. The lowest BCUT2D eigenvalue weighted by atomic mass is 10.1. The molecule has 5 nitrogen and oxygen atoms in total. The van der Waals surface area contributed by atoms with E-state index in [9.17, 15) is 10.1 Å². The van der Waals surface area contributed by atoms with Crippen LogP contribution >= 0.6 is 0 Å². The zero-order chi connectivity index (χ0) is 15.1. The minimum atomic E-state index is -0.431. The summed E-state index contributed by atoms with van der Waals surface area (Å²) in [5.74, 6) is 0. The Morgan fingerprint density at radius 1 is 1.14 bits per heavy atom. The quantitative estimate of drug-likeness (QED) is 0.509. The highest BCUT2D eigenvalue weighted by molar-refractivity contribution is 5.85. The van der Waals surface area contributed by atoms with Gasteiger partial charge >= 0.3 is 0 Å². The molecule has 106 valence electrons. The van der Waals surface area contributed by atoms with Crippen LogP contribution in [0.2, 0.25) is 0 Å². The fourth-order valence-electron chi connectivity index (χ4n) is 1.72. The van der Waals surface area contributed by atoms with Crippen LogP contribution in [-0.4, -0.2) is 11.1 Å². The SMILES string of the molecule is CC(/C=N\Nc1ccc([N+](=O)[O-])cc1)=C/c1ccccc1. The smallest absolute Gasteiger partial charge is 0.269 e. The van der Waals surface area contributed by atoms with Gasteiger partial charge in [0, 0.05) is 12.1 Å². The Hall–Kier alpha value is -2.95. The van der Waals surface area contributed by atoms with Crippen molar-refractivity contribution in [2.75, 3.05) is 5.43 Å². The average molecular weight is 281 g/mol. The molecule has 0 radical (unpaired) electrons. The summed E-state index contributed by atoms with van der Waals surface area (Å²) in [7, 11) is 0. The number of anilines is 1. The summed E-state index contributed by atoms with van der Waals surface area (Å²) >= 11 is 0. The largest absolute Gasteiger partial charge is 0.279 e. The monoisotopic (exact) mass is 281 g/mol. The first kappa shape index (κ1) is 14.5. The maximum Gasteiger partial charge on any atom is 0.269 e. The maximum absolute atomic E-state index is 10.5. The van der Waals surface area contributed by atoms with Crippen molar-refractivity contribution in [3.8, 4) is 0 Å². The number of rotatable bonds is 5. The highest BCUT2D eigenvalue weighted by atomic mass is 16.6. The maximum atomic E-state index is 10.5. The number of nitrogens with zero attached hydrogens (tertiary/aromatic N) is 2. The number of hydrogen-bond donors (Lipinski definition) is 1. The molecule has 1 N–H and O–H groups in total. The summed E-state index contributed by atoms with van der Waals surface area (Å²) < 4.78 is 0. The second kappa shape index (κ2) is 7.00. The van der Waals surface area contributed by atoms with Gasteiger partial charge in [-0.1, -0.05) is 36.4 Å². The van der Waals surface area contributed by atoms with Crippen molar-refractivity contribution >= 4 is 23.7 Å². The molecule has 0 saturated carbocycles. The minimum absolute atomic E-state index is 0.0599. The van der Waals surface area contributed by atoms with Crippen LogP contribution in [0.1, 0.15) is 12.5 Å². The molecule has 0 bridgehead atoms. The molecule has 0 aromatic heterocycles. The molecular weight excluding hydrogens is 266 g/mol. The van der Waals surface area contributed by atoms with Crippen molar-refractivity contribution in [3.05, 3.63) is 75.8 Å². The van der Waals surface area contributed by atoms with Gasteiger partial charge in [0.05, 0.1) is 16.8 Å². The number of nitro groups is 1. The Labute approximate surface area is 122 Å². The van der Waals surface area contributed by atoms with E-state index in [2.05, 4.69) is 10.5 Å². The Bertz CT molecular complexity index is 662. The van der Waals surface area contributed by atoms with Crippen LogP contribution in [0.3, 0.4) is 0 Å². The van der Waals surface area contributed by atoms with Gasteiger partial charge in [0.25, 0.3) is 5.69 Å². The highest BCUT2D eigenvalue weighted by Gasteiger charge is 2.02. The number of allylic oxidation sites excluding steroid dienone is 1. The van der Waals surface area contributed by atoms with E-state index in [1.54, 1.807) is 18.3 Å². The first-order chi connectivity index (χ1) is 10.1. The van der Waals surface area contributed by atoms with Gasteiger partial charge in [-0.2, -0.15) is 5.10 Å². The lowest BCUT2D eigenvalue weighted by molar-refractivity contribution is -0.384. The van der Waals surface area contributed by atoms with Crippen molar-refractivity contribution in [3.63, 3.8) is 0 Å². The number of non-ortho nitro benzene ring substituents is 1. The molecule has 0 aliphatic carbocycles. The standard InChI is InChI=1S/C16H15N3O2/c1-13(11-14-5-3-2-4-6-14)12-17-18-15-7-9-16(10-8-15)19(20)21/h2-12,18H,1H3/b13-11-,17-12-. The summed E-state index contributed by atoms with van der Waals surface area (Å²) in [6.07, 6.45) is 3.72. The van der Waals surface area contributed by atoms with Crippen molar-refractivity contribution in [2.24, 2.45) is 5.10 Å². The van der Waals surface area contributed by atoms with Crippen molar-refractivity contribution in [1.29, 1.82) is 0 Å². The lowest BCUT2D eigenvalue weighted by Gasteiger charge is -1.99. The molecule has 2 aromatic carbocycles. The molecule has 0 unspecified atom stereocenters. The van der Waals surface area contributed by atoms with Crippen LogP contribution < -0.4 is 5.43 Å². The normalized spacial score (nSPS) is 11.6. The van der Waals surface area contributed by atoms with Crippen LogP contribution in [0.5, 0.6) is 0 Å². The van der Waals surface area contributed by atoms with E-state index in [1.807, 2.05) is 43.3 Å². The van der Waals surface area contributed by atoms with Crippen LogP contribution in [0.15, 0.2) is 65.3 Å². The van der Waals surface area contributed by atoms with Crippen molar-refractivity contribution in [1.82, 2.24) is 0 Å². The van der Waals surface area contributed by atoms with Gasteiger partial charge in [-0.25, -0.2) is 0 Å². The third-order valence-corrected chi connectivity index (χ3v) is 2.73. The first-order valence-corrected chi connectivity index (χ1v) is 6.42. The van der Waals surface area contributed by atoms with Gasteiger partial charge in [0.15, 0.2) is 0 Å². The number of benzene rings is 2. The predicted molar refractivity (Wildman–Crippen MR) is 85.3 cm³/mol. The number of nitro benzene ring substituents is 1. The van der Waals surface area contributed by atoms with Crippen molar-refractivity contribution in [2.45, 2.75) is 6.92 Å². The van der Waals surface area contributed by atoms with Gasteiger partial charge in [-0.3, -0.25) is 15.5 Å². The van der Waals surface area contributed by atoms with Crippen LogP contribution in [0.25, 0.3) is 6.08 Å². The lowest BCUT2D eigenvalue weighted by Crippen LogP contribution is -1.91. The molecule has 5 heteroatoms. The van der Waals surface area contributed by atoms with E-state index >= 15 is 0 Å². The summed E-state index contributed by atoms with van der Waals surface area (Å²) in [4.78, 5) is 10.1. The molecule has 0 spiro atoms. The topological polar surface area (TPSA) is 67.5 Å². The van der Waals surface area contributed by atoms with E-state index in [1.165, 1.54) is 12.1 Å². The molecule has 2 rings (SSSR count). The second-order valence-corrected chi connectivity index (χ2v) is 4.47. The minimum Gasteiger partial charge on any atom is -0.279 e. The molecule has 0 fully saturated rings. The van der Waals surface area contributed by atoms with E-state index in [4.69, 9.17) is 0 Å². The summed E-state index contributed by atoms with van der Waals surface area (Å²) in [6, 6.07) is 16.1. The molecule has 0 aliphatic heterocycles. The van der Waals surface area contributed by atoms with Crippen LogP contribution in [-0.2, 0) is 0 Å². The third-order valence-electron chi connectivity index (χ3n) is 2.73. The van der Waals surface area contributed by atoms with E-state index in [-0.39, 0.29) is 5.69 Å². The zero-order valence-corrected chi connectivity index (χ0v) is 11.6. The van der Waals surface area contributed by atoms with E-state index < -0.39 is 4.92 Å². The van der Waals surface area contributed by atoms with Crippen LogP contribution in [0, 0.1) is 10.1 Å². The summed E-state index contributed by atoms with van der Waals surface area (Å²) in [6.45, 7) is 1.95. The summed E-state index contributed by atoms with van der Waals surface area (Å²) in [5, 5.41) is 14.6. The number of hydrazone groups is 1. The number of nitrogens with one attached hydrogen (secondary N) is 1. The van der Waals surface area contributed by atoms with Crippen LogP contribution in [0.4, 0.5) is 11.4 Å². The summed E-state index contributed by atoms with van der Waals surface area (Å²) in [5.41, 5.74) is 5.70. The predicted octanol–water partition coefficient (Wildman–Crippen LogP) is 4.10. The Morgan fingerprint density at radius 2 is 1.81 bits per heavy atom. The molecule has 0 saturated heterocycles. The number of hydrogen-bond acceptors (Lipinski definition) is 4. The van der Waals surface area contributed by atoms with Gasteiger partial charge in [-0.15, -0.1) is 0 Å². The highest BCUT2D eigenvalue weighted by Crippen LogP contribution is 2.15. The fraction of sp³-hybridized carbons (Fsp3) is 0.0625. The van der Waals surface area contributed by atoms with Crippen molar-refractivity contribution < 1.29 is 4.92 Å². The average Bonchev–Trinajstić information content (AvgIpc) is 2.49. The van der Waals surface area contributed by atoms with E-state index in [0.717, 1.165) is 11.1 Å². The molecule has 0 amide bonds. The molecule has 2 aromatic rings. The zero-order valence-electron chi connectivity index (χ0n) is 11.6. The second-order valence-electron chi connectivity index (χ2n) is 4.47. The van der Waals surface area contributed by atoms with E-state index in [0.29, 0.717) is 5.69 Å². The van der Waals surface area contributed by atoms with Gasteiger partial charge in [0.2, 0.25) is 0 Å².